The lowest BCUT2D eigenvalue weighted by Gasteiger charge is -2.12. The van der Waals surface area contributed by atoms with Crippen molar-refractivity contribution in [2.45, 2.75) is 0 Å². The summed E-state index contributed by atoms with van der Waals surface area (Å²) in [7, 11) is 0. The quantitative estimate of drug-likeness (QED) is 0.675. The first-order chi connectivity index (χ1) is 12.5. The van der Waals surface area contributed by atoms with Crippen LogP contribution in [0.2, 0.25) is 0 Å². The third kappa shape index (κ3) is 3.23. The van der Waals surface area contributed by atoms with Crippen LogP contribution in [0.25, 0.3) is 22.3 Å². The van der Waals surface area contributed by atoms with Crippen molar-refractivity contribution in [3.63, 3.8) is 0 Å². The smallest absolute Gasteiger partial charge is 0.336 e. The van der Waals surface area contributed by atoms with Crippen LogP contribution in [-0.2, 0) is 0 Å². The van der Waals surface area contributed by atoms with Crippen LogP contribution in [0.1, 0.15) is 31.1 Å². The van der Waals surface area contributed by atoms with Crippen molar-refractivity contribution in [1.29, 1.82) is 0 Å². The molecule has 0 saturated carbocycles. The summed E-state index contributed by atoms with van der Waals surface area (Å²) in [5.74, 6) is -2.13. The highest BCUT2D eigenvalue weighted by molar-refractivity contribution is 6.03. The van der Waals surface area contributed by atoms with Gasteiger partial charge in [0, 0.05) is 5.56 Å². The molecule has 5 nitrogen and oxygen atoms in total. The zero-order chi connectivity index (χ0) is 18.7. The predicted molar refractivity (Wildman–Crippen MR) is 96.6 cm³/mol. The standard InChI is InChI=1S/C21H14O5/c22-12-13-4-6-14(7-5-13)17-2-1-3-18(19(17)21(25)26)15-8-10-16(11-9-15)20(23)24/h1-12H,(H,23,24)(H,25,26). The maximum atomic E-state index is 11.9. The van der Waals surface area contributed by atoms with Gasteiger partial charge in [-0.1, -0.05) is 54.6 Å². The van der Waals surface area contributed by atoms with Gasteiger partial charge in [0.05, 0.1) is 11.1 Å². The van der Waals surface area contributed by atoms with Gasteiger partial charge < -0.3 is 10.2 Å². The molecule has 3 aromatic rings. The third-order valence-electron chi connectivity index (χ3n) is 4.08. The summed E-state index contributed by atoms with van der Waals surface area (Å²) in [6.07, 6.45) is 0.725. The van der Waals surface area contributed by atoms with E-state index in [0.717, 1.165) is 6.29 Å². The van der Waals surface area contributed by atoms with Crippen molar-refractivity contribution in [3.8, 4) is 22.3 Å². The van der Waals surface area contributed by atoms with E-state index in [2.05, 4.69) is 0 Å². The Balaban J connectivity index is 2.15. The summed E-state index contributed by atoms with van der Waals surface area (Å²) < 4.78 is 0. The Hall–Kier alpha value is -3.73. The van der Waals surface area contributed by atoms with E-state index in [9.17, 15) is 19.5 Å². The lowest BCUT2D eigenvalue weighted by Crippen LogP contribution is -2.03. The van der Waals surface area contributed by atoms with E-state index in [0.29, 0.717) is 27.8 Å². The van der Waals surface area contributed by atoms with Gasteiger partial charge in [-0.3, -0.25) is 4.79 Å². The fourth-order valence-corrected chi connectivity index (χ4v) is 2.80. The number of carbonyl (C=O) groups excluding carboxylic acids is 1. The third-order valence-corrected chi connectivity index (χ3v) is 4.08. The van der Waals surface area contributed by atoms with Crippen molar-refractivity contribution >= 4 is 18.2 Å². The number of carbonyl (C=O) groups is 3. The molecule has 0 saturated heterocycles. The Labute approximate surface area is 149 Å². The van der Waals surface area contributed by atoms with Gasteiger partial charge in [-0.25, -0.2) is 9.59 Å². The van der Waals surface area contributed by atoms with Gasteiger partial charge in [0.2, 0.25) is 0 Å². The fourth-order valence-electron chi connectivity index (χ4n) is 2.80. The molecule has 3 rings (SSSR count). The molecule has 0 spiro atoms. The van der Waals surface area contributed by atoms with Gasteiger partial charge in [0.25, 0.3) is 0 Å². The zero-order valence-corrected chi connectivity index (χ0v) is 13.5. The van der Waals surface area contributed by atoms with Gasteiger partial charge in [0.15, 0.2) is 0 Å². The summed E-state index contributed by atoms with van der Waals surface area (Å²) in [6.45, 7) is 0. The Morgan fingerprint density at radius 2 is 1.19 bits per heavy atom. The molecular weight excluding hydrogens is 332 g/mol. The summed E-state index contributed by atoms with van der Waals surface area (Å²) in [6, 6.07) is 17.8. The van der Waals surface area contributed by atoms with Crippen LogP contribution in [0.15, 0.2) is 66.7 Å². The first-order valence-electron chi connectivity index (χ1n) is 7.77. The van der Waals surface area contributed by atoms with Crippen molar-refractivity contribution < 1.29 is 24.6 Å². The molecular formula is C21H14O5. The highest BCUT2D eigenvalue weighted by Crippen LogP contribution is 2.32. The fraction of sp³-hybridized carbons (Fsp3) is 0. The van der Waals surface area contributed by atoms with E-state index in [-0.39, 0.29) is 11.1 Å². The molecule has 128 valence electrons. The van der Waals surface area contributed by atoms with E-state index in [1.165, 1.54) is 12.1 Å². The molecule has 3 aromatic carbocycles. The van der Waals surface area contributed by atoms with Crippen LogP contribution in [0.4, 0.5) is 0 Å². The van der Waals surface area contributed by atoms with Gasteiger partial charge in [-0.05, 0) is 34.4 Å². The largest absolute Gasteiger partial charge is 0.478 e. The molecule has 0 unspecified atom stereocenters. The van der Waals surface area contributed by atoms with Crippen LogP contribution in [-0.4, -0.2) is 28.4 Å². The van der Waals surface area contributed by atoms with E-state index >= 15 is 0 Å². The predicted octanol–water partition coefficient (Wildman–Crippen LogP) is 4.23. The van der Waals surface area contributed by atoms with Crippen molar-refractivity contribution in [2.75, 3.05) is 0 Å². The van der Waals surface area contributed by atoms with E-state index in [1.54, 1.807) is 54.6 Å². The second-order valence-corrected chi connectivity index (χ2v) is 5.66. The number of rotatable bonds is 5. The molecule has 26 heavy (non-hydrogen) atoms. The summed E-state index contributed by atoms with van der Waals surface area (Å²) in [5.41, 5.74) is 3.06. The molecule has 2 N–H and O–H groups in total. The lowest BCUT2D eigenvalue weighted by atomic mass is 9.91. The molecule has 0 fully saturated rings. The normalized spacial score (nSPS) is 10.3. The summed E-state index contributed by atoms with van der Waals surface area (Å²) >= 11 is 0. The molecule has 0 aromatic heterocycles. The Morgan fingerprint density at radius 3 is 1.62 bits per heavy atom. The minimum Gasteiger partial charge on any atom is -0.478 e. The lowest BCUT2D eigenvalue weighted by molar-refractivity contribution is 0.0686. The zero-order valence-electron chi connectivity index (χ0n) is 13.5. The van der Waals surface area contributed by atoms with Crippen LogP contribution in [0, 0.1) is 0 Å². The SMILES string of the molecule is O=Cc1ccc(-c2cccc(-c3ccc(C(=O)O)cc3)c2C(=O)O)cc1. The Kier molecular flexibility index (Phi) is 4.62. The van der Waals surface area contributed by atoms with E-state index in [4.69, 9.17) is 5.11 Å². The van der Waals surface area contributed by atoms with E-state index in [1.807, 2.05) is 0 Å². The first kappa shape index (κ1) is 17.1. The monoisotopic (exact) mass is 346 g/mol. The number of carboxylic acids is 2. The summed E-state index contributed by atoms with van der Waals surface area (Å²) in [4.78, 5) is 33.7. The molecule has 0 aliphatic heterocycles. The first-order valence-corrected chi connectivity index (χ1v) is 7.77. The molecule has 0 radical (unpaired) electrons. The van der Waals surface area contributed by atoms with Gasteiger partial charge in [-0.15, -0.1) is 0 Å². The number of aldehydes is 1. The molecule has 0 bridgehead atoms. The highest BCUT2D eigenvalue weighted by Gasteiger charge is 2.18. The second kappa shape index (κ2) is 7.03. The maximum absolute atomic E-state index is 11.9. The number of hydrogen-bond donors (Lipinski definition) is 2. The minimum absolute atomic E-state index is 0.120. The molecule has 0 aliphatic rings. The van der Waals surface area contributed by atoms with Crippen LogP contribution >= 0.6 is 0 Å². The van der Waals surface area contributed by atoms with Crippen LogP contribution < -0.4 is 0 Å². The second-order valence-electron chi connectivity index (χ2n) is 5.66. The highest BCUT2D eigenvalue weighted by atomic mass is 16.4. The number of aromatic carboxylic acids is 2. The number of benzene rings is 3. The van der Waals surface area contributed by atoms with Crippen molar-refractivity contribution in [2.24, 2.45) is 0 Å². The maximum Gasteiger partial charge on any atom is 0.336 e. The molecule has 0 aliphatic carbocycles. The van der Waals surface area contributed by atoms with Gasteiger partial charge in [0.1, 0.15) is 6.29 Å². The van der Waals surface area contributed by atoms with Gasteiger partial charge in [-0.2, -0.15) is 0 Å². The van der Waals surface area contributed by atoms with Gasteiger partial charge >= 0.3 is 11.9 Å². The summed E-state index contributed by atoms with van der Waals surface area (Å²) in [5, 5.41) is 18.8. The Bertz CT molecular complexity index is 986. The topological polar surface area (TPSA) is 91.7 Å². The van der Waals surface area contributed by atoms with E-state index < -0.39 is 11.9 Å². The minimum atomic E-state index is -1.09. The van der Waals surface area contributed by atoms with Crippen LogP contribution in [0.5, 0.6) is 0 Å². The average molecular weight is 346 g/mol. The molecule has 0 heterocycles. The van der Waals surface area contributed by atoms with Crippen molar-refractivity contribution in [1.82, 2.24) is 0 Å². The molecule has 0 amide bonds. The average Bonchev–Trinajstić information content (AvgIpc) is 2.67. The van der Waals surface area contributed by atoms with Crippen molar-refractivity contribution in [3.05, 3.63) is 83.4 Å². The molecule has 0 atom stereocenters. The van der Waals surface area contributed by atoms with Crippen LogP contribution in [0.3, 0.4) is 0 Å². The molecule has 5 heteroatoms. The number of carboxylic acid groups (broad SMARTS) is 2. The Morgan fingerprint density at radius 1 is 0.692 bits per heavy atom. The number of hydrogen-bond acceptors (Lipinski definition) is 3.